The second-order valence-corrected chi connectivity index (χ2v) is 8.50. The lowest BCUT2D eigenvalue weighted by molar-refractivity contribution is 0.0372. The van der Waals surface area contributed by atoms with Crippen LogP contribution in [0.1, 0.15) is 69.2 Å². The van der Waals surface area contributed by atoms with Gasteiger partial charge in [0.05, 0.1) is 17.9 Å². The third-order valence-corrected chi connectivity index (χ3v) is 6.19. The smallest absolute Gasteiger partial charge is 0.0709 e. The summed E-state index contributed by atoms with van der Waals surface area (Å²) in [6.07, 6.45) is 16.9. The van der Waals surface area contributed by atoms with Crippen molar-refractivity contribution in [3.8, 4) is 0 Å². The van der Waals surface area contributed by atoms with Crippen LogP contribution in [0.25, 0.3) is 0 Å². The summed E-state index contributed by atoms with van der Waals surface area (Å²) in [5.74, 6) is 0.413. The lowest BCUT2D eigenvalue weighted by Crippen LogP contribution is -2.46. The zero-order valence-electron chi connectivity index (χ0n) is 23.0. The molecule has 184 valence electrons. The Labute approximate surface area is 205 Å². The zero-order valence-corrected chi connectivity index (χ0v) is 23.0. The molecular weight excluding hydrogens is 402 g/mol. The molecule has 0 amide bonds. The lowest BCUT2D eigenvalue weighted by Gasteiger charge is -2.41. The molecule has 0 rings (SSSR count). The molecule has 0 aromatic rings. The number of hydrazine groups is 1. The van der Waals surface area contributed by atoms with Crippen molar-refractivity contribution in [1.29, 1.82) is 0 Å². The van der Waals surface area contributed by atoms with E-state index in [1.54, 1.807) is 0 Å². The number of nitrogens with zero attached hydrogens (tertiary/aromatic N) is 2. The van der Waals surface area contributed by atoms with Gasteiger partial charge in [-0.3, -0.25) is 5.01 Å². The minimum atomic E-state index is 0.413. The van der Waals surface area contributed by atoms with Crippen molar-refractivity contribution in [3.05, 3.63) is 94.4 Å². The first-order valence-electron chi connectivity index (χ1n) is 12.1. The summed E-state index contributed by atoms with van der Waals surface area (Å²) in [5, 5.41) is 4.78. The fourth-order valence-electron chi connectivity index (χ4n) is 3.58. The van der Waals surface area contributed by atoms with Gasteiger partial charge in [0, 0.05) is 13.1 Å². The Morgan fingerprint density at radius 3 is 1.64 bits per heavy atom. The summed E-state index contributed by atoms with van der Waals surface area (Å²) < 4.78 is 0. The number of hydrogen-bond acceptors (Lipinski definition) is 3. The van der Waals surface area contributed by atoms with E-state index in [-0.39, 0.29) is 0 Å². The van der Waals surface area contributed by atoms with Crippen LogP contribution in [0.2, 0.25) is 0 Å². The van der Waals surface area contributed by atoms with E-state index in [1.807, 2.05) is 19.1 Å². The van der Waals surface area contributed by atoms with Crippen molar-refractivity contribution in [1.82, 2.24) is 10.0 Å². The van der Waals surface area contributed by atoms with Gasteiger partial charge in [-0.1, -0.05) is 85.8 Å². The molecule has 0 saturated heterocycles. The minimum absolute atomic E-state index is 0.413. The Morgan fingerprint density at radius 2 is 1.27 bits per heavy atom. The summed E-state index contributed by atoms with van der Waals surface area (Å²) in [4.78, 5) is 0. The molecular formula is C30H49N3. The number of rotatable bonds is 13. The van der Waals surface area contributed by atoms with Gasteiger partial charge < -0.3 is 5.73 Å². The standard InChI is InChI=1S/C30H49N3/c1-12-19-28(23(8)9)21-32(20-26(15-4)24(10)13-2)33(30(18-7)29(31)17-6)22-27(16-5)25(11)14-3/h12-19,23H,1,20-22,31H2,2-11H3/b24-13-,25-14-,26-15-,27-16-,28-19-,29-17+,30-18+. The highest BCUT2D eigenvalue weighted by Crippen LogP contribution is 2.25. The van der Waals surface area contributed by atoms with Crippen LogP contribution in [0, 0.1) is 5.92 Å². The van der Waals surface area contributed by atoms with Crippen molar-refractivity contribution in [3.63, 3.8) is 0 Å². The van der Waals surface area contributed by atoms with E-state index in [2.05, 4.69) is 115 Å². The highest BCUT2D eigenvalue weighted by molar-refractivity contribution is 5.34. The molecule has 0 aliphatic carbocycles. The molecule has 0 aliphatic rings. The predicted molar refractivity (Wildman–Crippen MR) is 149 cm³/mol. The van der Waals surface area contributed by atoms with Gasteiger partial charge in [-0.15, -0.1) is 0 Å². The summed E-state index contributed by atoms with van der Waals surface area (Å²) in [6, 6.07) is 0. The second-order valence-electron chi connectivity index (χ2n) is 8.50. The summed E-state index contributed by atoms with van der Waals surface area (Å²) in [7, 11) is 0. The molecule has 0 atom stereocenters. The molecule has 2 N–H and O–H groups in total. The lowest BCUT2D eigenvalue weighted by atomic mass is 10.0. The molecule has 0 heterocycles. The van der Waals surface area contributed by atoms with E-state index in [1.165, 1.54) is 27.9 Å². The van der Waals surface area contributed by atoms with Crippen molar-refractivity contribution < 1.29 is 0 Å². The zero-order chi connectivity index (χ0) is 25.6. The fraction of sp³-hybridized carbons (Fsp3) is 0.467. The van der Waals surface area contributed by atoms with Crippen LogP contribution in [0.3, 0.4) is 0 Å². The van der Waals surface area contributed by atoms with Gasteiger partial charge in [0.2, 0.25) is 0 Å². The largest absolute Gasteiger partial charge is 0.397 e. The molecule has 0 radical (unpaired) electrons. The molecule has 3 heteroatoms. The molecule has 0 saturated carbocycles. The van der Waals surface area contributed by atoms with Gasteiger partial charge in [-0.25, -0.2) is 5.01 Å². The van der Waals surface area contributed by atoms with Crippen molar-refractivity contribution in [2.24, 2.45) is 11.7 Å². The molecule has 33 heavy (non-hydrogen) atoms. The number of allylic oxidation sites excluding steroid dienone is 8. The topological polar surface area (TPSA) is 32.5 Å². The highest BCUT2D eigenvalue weighted by atomic mass is 15.6. The monoisotopic (exact) mass is 451 g/mol. The summed E-state index contributed by atoms with van der Waals surface area (Å²) in [6.45, 7) is 27.6. The molecule has 3 nitrogen and oxygen atoms in total. The first-order chi connectivity index (χ1) is 15.6. The molecule has 0 bridgehead atoms. The van der Waals surface area contributed by atoms with Gasteiger partial charge in [0.1, 0.15) is 0 Å². The van der Waals surface area contributed by atoms with E-state index < -0.39 is 0 Å². The van der Waals surface area contributed by atoms with Gasteiger partial charge in [0.25, 0.3) is 0 Å². The fourth-order valence-corrected chi connectivity index (χ4v) is 3.58. The molecule has 0 aromatic carbocycles. The maximum absolute atomic E-state index is 6.52. The molecule has 0 aliphatic heterocycles. The van der Waals surface area contributed by atoms with Crippen LogP contribution in [-0.4, -0.2) is 29.7 Å². The van der Waals surface area contributed by atoms with E-state index in [0.717, 1.165) is 31.0 Å². The van der Waals surface area contributed by atoms with Gasteiger partial charge >= 0.3 is 0 Å². The number of hydrogen-bond donors (Lipinski definition) is 1. The second kappa shape index (κ2) is 16.1. The third-order valence-electron chi connectivity index (χ3n) is 6.19. The van der Waals surface area contributed by atoms with E-state index in [9.17, 15) is 0 Å². The molecule has 0 fully saturated rings. The Morgan fingerprint density at radius 1 is 0.758 bits per heavy atom. The van der Waals surface area contributed by atoms with Crippen LogP contribution in [0.4, 0.5) is 0 Å². The van der Waals surface area contributed by atoms with Crippen LogP contribution in [0.15, 0.2) is 94.4 Å². The van der Waals surface area contributed by atoms with Crippen molar-refractivity contribution in [2.45, 2.75) is 69.2 Å². The van der Waals surface area contributed by atoms with Crippen LogP contribution >= 0.6 is 0 Å². The van der Waals surface area contributed by atoms with E-state index >= 15 is 0 Å². The highest BCUT2D eigenvalue weighted by Gasteiger charge is 2.24. The average Bonchev–Trinajstić information content (AvgIpc) is 2.82. The average molecular weight is 452 g/mol. The third kappa shape index (κ3) is 9.47. The Balaban J connectivity index is 6.87. The predicted octanol–water partition coefficient (Wildman–Crippen LogP) is 7.87. The SMILES string of the molecule is C=C/C=C(/CN(CC(=C/C)/C(C)=C\C)N(CC(=C/C)/C(C)=C\C)C(=C/C)/C(N)=C\C)C(C)C. The van der Waals surface area contributed by atoms with Gasteiger partial charge in [-0.05, 0) is 72.5 Å². The molecule has 0 spiro atoms. The first kappa shape index (κ1) is 30.5. The van der Waals surface area contributed by atoms with E-state index in [4.69, 9.17) is 5.73 Å². The summed E-state index contributed by atoms with van der Waals surface area (Å²) >= 11 is 0. The normalized spacial score (nSPS) is 15.6. The van der Waals surface area contributed by atoms with Crippen LogP contribution in [0.5, 0.6) is 0 Å². The van der Waals surface area contributed by atoms with Crippen LogP contribution in [-0.2, 0) is 0 Å². The maximum atomic E-state index is 6.52. The quantitative estimate of drug-likeness (QED) is 0.228. The Bertz CT molecular complexity index is 842. The first-order valence-corrected chi connectivity index (χ1v) is 12.1. The minimum Gasteiger partial charge on any atom is -0.397 e. The Kier molecular flexibility index (Phi) is 14.9. The van der Waals surface area contributed by atoms with Gasteiger partial charge in [-0.2, -0.15) is 0 Å². The van der Waals surface area contributed by atoms with Crippen molar-refractivity contribution in [2.75, 3.05) is 19.6 Å². The maximum Gasteiger partial charge on any atom is 0.0709 e. The van der Waals surface area contributed by atoms with Gasteiger partial charge in [0.15, 0.2) is 0 Å². The molecule has 0 aromatic heterocycles. The molecule has 0 unspecified atom stereocenters. The van der Waals surface area contributed by atoms with Crippen molar-refractivity contribution >= 4 is 0 Å². The Hall–Kier alpha value is -2.52. The number of nitrogens with two attached hydrogens (primary N) is 1. The van der Waals surface area contributed by atoms with Crippen LogP contribution < -0.4 is 5.73 Å². The summed E-state index contributed by atoms with van der Waals surface area (Å²) in [5.41, 5.74) is 14.8. The van der Waals surface area contributed by atoms with E-state index in [0.29, 0.717) is 5.92 Å².